The van der Waals surface area contributed by atoms with Gasteiger partial charge in [0.1, 0.15) is 5.75 Å². The van der Waals surface area contributed by atoms with Gasteiger partial charge in [-0.05, 0) is 43.4 Å². The molecule has 5 heteroatoms. The lowest BCUT2D eigenvalue weighted by molar-refractivity contribution is -0.159. The highest BCUT2D eigenvalue weighted by Gasteiger charge is 2.47. The fraction of sp³-hybridized carbons (Fsp3) is 0.556. The molecule has 1 saturated heterocycles. The van der Waals surface area contributed by atoms with Gasteiger partial charge >= 0.3 is 5.97 Å². The third kappa shape index (κ3) is 2.92. The minimum absolute atomic E-state index is 0.0302. The molecule has 1 amide bonds. The zero-order valence-electron chi connectivity index (χ0n) is 13.5. The molecule has 1 N–H and O–H groups in total. The first-order valence-corrected chi connectivity index (χ1v) is 8.22. The third-order valence-electron chi connectivity index (χ3n) is 5.31. The summed E-state index contributed by atoms with van der Waals surface area (Å²) in [6.45, 7) is 0.705. The number of carboxylic acid groups (broad SMARTS) is 1. The van der Waals surface area contributed by atoms with Gasteiger partial charge in [0.15, 0.2) is 0 Å². The van der Waals surface area contributed by atoms with Crippen LogP contribution in [-0.2, 0) is 9.59 Å². The summed E-state index contributed by atoms with van der Waals surface area (Å²) >= 11 is 0. The fourth-order valence-electron chi connectivity index (χ4n) is 3.72. The van der Waals surface area contributed by atoms with Gasteiger partial charge in [-0.25, -0.2) is 0 Å². The van der Waals surface area contributed by atoms with Gasteiger partial charge in [-0.2, -0.15) is 0 Å². The standard InChI is InChI=1S/C18H23NO4/c1-23-14-6-2-5-13(11-14)15-7-3-10-19(15)16(20)12-18(17(21)22)8-4-9-18/h2,5-6,11,15H,3-4,7-10,12H2,1H3,(H,21,22). The first kappa shape index (κ1) is 15.8. The summed E-state index contributed by atoms with van der Waals surface area (Å²) in [6, 6.07) is 7.82. The summed E-state index contributed by atoms with van der Waals surface area (Å²) in [4.78, 5) is 26.1. The van der Waals surface area contributed by atoms with Crippen molar-refractivity contribution in [3.8, 4) is 5.75 Å². The Morgan fingerprint density at radius 2 is 2.13 bits per heavy atom. The molecule has 1 atom stereocenters. The third-order valence-corrected chi connectivity index (χ3v) is 5.31. The minimum atomic E-state index is -0.825. The maximum atomic E-state index is 12.7. The Kier molecular flexibility index (Phi) is 4.28. The first-order chi connectivity index (χ1) is 11.1. The van der Waals surface area contributed by atoms with Crippen LogP contribution < -0.4 is 4.74 Å². The number of hydrogen-bond donors (Lipinski definition) is 1. The van der Waals surface area contributed by atoms with Crippen LogP contribution in [0.1, 0.15) is 50.1 Å². The Balaban J connectivity index is 1.75. The number of carboxylic acids is 1. The molecule has 1 heterocycles. The van der Waals surface area contributed by atoms with Crippen molar-refractivity contribution in [3.63, 3.8) is 0 Å². The average Bonchev–Trinajstić information content (AvgIpc) is 3.00. The average molecular weight is 317 g/mol. The molecule has 1 saturated carbocycles. The number of methoxy groups -OCH3 is 1. The molecule has 1 aromatic carbocycles. The predicted octanol–water partition coefficient (Wildman–Crippen LogP) is 3.00. The summed E-state index contributed by atoms with van der Waals surface area (Å²) in [7, 11) is 1.63. The highest BCUT2D eigenvalue weighted by Crippen LogP contribution is 2.45. The number of aliphatic carboxylic acids is 1. The van der Waals surface area contributed by atoms with Gasteiger partial charge in [0.25, 0.3) is 0 Å². The smallest absolute Gasteiger partial charge is 0.310 e. The van der Waals surface area contributed by atoms with Gasteiger partial charge in [-0.3, -0.25) is 9.59 Å². The van der Waals surface area contributed by atoms with Crippen molar-refractivity contribution in [2.45, 2.75) is 44.6 Å². The Morgan fingerprint density at radius 3 is 2.74 bits per heavy atom. The van der Waals surface area contributed by atoms with Gasteiger partial charge < -0.3 is 14.7 Å². The zero-order chi connectivity index (χ0) is 16.4. The monoisotopic (exact) mass is 317 g/mol. The van der Waals surface area contributed by atoms with E-state index in [9.17, 15) is 14.7 Å². The van der Waals surface area contributed by atoms with E-state index in [0.717, 1.165) is 30.6 Å². The number of carbonyl (C=O) groups is 2. The van der Waals surface area contributed by atoms with Crippen LogP contribution in [0.2, 0.25) is 0 Å². The van der Waals surface area contributed by atoms with Crippen LogP contribution in [0, 0.1) is 5.41 Å². The second-order valence-corrected chi connectivity index (χ2v) is 6.64. The molecule has 0 bridgehead atoms. The van der Waals surface area contributed by atoms with Gasteiger partial charge in [-0.15, -0.1) is 0 Å². The van der Waals surface area contributed by atoms with Gasteiger partial charge in [0.2, 0.25) is 5.91 Å². The lowest BCUT2D eigenvalue weighted by Crippen LogP contribution is -2.43. The van der Waals surface area contributed by atoms with E-state index in [2.05, 4.69) is 0 Å². The van der Waals surface area contributed by atoms with Crippen molar-refractivity contribution in [1.82, 2.24) is 4.90 Å². The SMILES string of the molecule is COc1cccc(C2CCCN2C(=O)CC2(C(=O)O)CCC2)c1. The molecule has 0 spiro atoms. The van der Waals surface area contributed by atoms with Crippen LogP contribution in [0.15, 0.2) is 24.3 Å². The van der Waals surface area contributed by atoms with Crippen LogP contribution in [0.3, 0.4) is 0 Å². The quantitative estimate of drug-likeness (QED) is 0.906. The molecule has 1 aromatic rings. The summed E-state index contributed by atoms with van der Waals surface area (Å²) in [5, 5.41) is 9.44. The maximum Gasteiger partial charge on any atom is 0.310 e. The molecule has 3 rings (SSSR count). The van der Waals surface area contributed by atoms with Gasteiger partial charge in [0, 0.05) is 13.0 Å². The van der Waals surface area contributed by atoms with Crippen LogP contribution in [-0.4, -0.2) is 35.5 Å². The molecule has 2 aliphatic rings. The summed E-state index contributed by atoms with van der Waals surface area (Å²) < 4.78 is 5.27. The number of likely N-dealkylation sites (tertiary alicyclic amines) is 1. The number of amides is 1. The van der Waals surface area contributed by atoms with E-state index in [-0.39, 0.29) is 18.4 Å². The lowest BCUT2D eigenvalue weighted by atomic mass is 9.66. The molecule has 5 nitrogen and oxygen atoms in total. The van der Waals surface area contributed by atoms with E-state index < -0.39 is 11.4 Å². The lowest BCUT2D eigenvalue weighted by Gasteiger charge is -2.38. The summed E-state index contributed by atoms with van der Waals surface area (Å²) in [5.41, 5.74) is 0.242. The highest BCUT2D eigenvalue weighted by molar-refractivity contribution is 5.86. The normalized spacial score (nSPS) is 22.5. The minimum Gasteiger partial charge on any atom is -0.497 e. The number of benzene rings is 1. The maximum absolute atomic E-state index is 12.7. The molecule has 1 unspecified atom stereocenters. The number of carbonyl (C=O) groups excluding carboxylic acids is 1. The molecular weight excluding hydrogens is 294 g/mol. The Labute approximate surface area is 136 Å². The van der Waals surface area contributed by atoms with Crippen molar-refractivity contribution in [1.29, 1.82) is 0 Å². The largest absolute Gasteiger partial charge is 0.497 e. The molecule has 1 aliphatic heterocycles. The number of hydrogen-bond acceptors (Lipinski definition) is 3. The molecule has 0 radical (unpaired) electrons. The second kappa shape index (κ2) is 6.22. The van der Waals surface area contributed by atoms with Crippen LogP contribution in [0.4, 0.5) is 0 Å². The molecule has 23 heavy (non-hydrogen) atoms. The summed E-state index contributed by atoms with van der Waals surface area (Å²) in [6.07, 6.45) is 4.13. The topological polar surface area (TPSA) is 66.8 Å². The Bertz CT molecular complexity index is 609. The molecular formula is C18H23NO4. The van der Waals surface area contributed by atoms with Crippen molar-refractivity contribution in [2.24, 2.45) is 5.41 Å². The van der Waals surface area contributed by atoms with E-state index in [1.165, 1.54) is 0 Å². The highest BCUT2D eigenvalue weighted by atomic mass is 16.5. The number of rotatable bonds is 5. The van der Waals surface area contributed by atoms with E-state index in [4.69, 9.17) is 4.74 Å². The van der Waals surface area contributed by atoms with Crippen LogP contribution in [0.5, 0.6) is 5.75 Å². The Hall–Kier alpha value is -2.04. The van der Waals surface area contributed by atoms with Gasteiger partial charge in [-0.1, -0.05) is 18.6 Å². The van der Waals surface area contributed by atoms with Gasteiger partial charge in [0.05, 0.1) is 18.6 Å². The van der Waals surface area contributed by atoms with E-state index in [1.807, 2.05) is 29.2 Å². The zero-order valence-corrected chi connectivity index (χ0v) is 13.5. The van der Waals surface area contributed by atoms with E-state index in [0.29, 0.717) is 19.4 Å². The molecule has 124 valence electrons. The summed E-state index contributed by atoms with van der Waals surface area (Å²) in [5.74, 6) is -0.0746. The van der Waals surface area contributed by atoms with Crippen molar-refractivity contribution >= 4 is 11.9 Å². The molecule has 1 aliphatic carbocycles. The first-order valence-electron chi connectivity index (χ1n) is 8.22. The van der Waals surface area contributed by atoms with Crippen molar-refractivity contribution < 1.29 is 19.4 Å². The fourth-order valence-corrected chi connectivity index (χ4v) is 3.72. The van der Waals surface area contributed by atoms with Crippen LogP contribution in [0.25, 0.3) is 0 Å². The van der Waals surface area contributed by atoms with Crippen LogP contribution >= 0.6 is 0 Å². The molecule has 2 fully saturated rings. The predicted molar refractivity (Wildman–Crippen MR) is 85.2 cm³/mol. The van der Waals surface area contributed by atoms with Crippen molar-refractivity contribution in [3.05, 3.63) is 29.8 Å². The molecule has 0 aromatic heterocycles. The van der Waals surface area contributed by atoms with Crippen molar-refractivity contribution in [2.75, 3.05) is 13.7 Å². The second-order valence-electron chi connectivity index (χ2n) is 6.64. The van der Waals surface area contributed by atoms with E-state index >= 15 is 0 Å². The van der Waals surface area contributed by atoms with E-state index in [1.54, 1.807) is 7.11 Å². The number of ether oxygens (including phenoxy) is 1. The number of nitrogens with zero attached hydrogens (tertiary/aromatic N) is 1. The Morgan fingerprint density at radius 1 is 1.35 bits per heavy atom.